The number of aromatic nitrogens is 8. The molecule has 1 aromatic carbocycles. The van der Waals surface area contributed by atoms with E-state index in [1.807, 2.05) is 35.2 Å². The molecule has 9 rings (SSSR count). The molecule has 4 aliphatic rings. The zero-order chi connectivity index (χ0) is 49.6. The number of carbonyl (C=O) groups is 2. The Labute approximate surface area is 401 Å². The van der Waals surface area contributed by atoms with Crippen molar-refractivity contribution in [1.29, 1.82) is 0 Å². The number of nitrogens with two attached hydrogens (primary N) is 2. The first kappa shape index (κ1) is 49.6. The van der Waals surface area contributed by atoms with Crippen LogP contribution in [0.1, 0.15) is 49.6 Å². The van der Waals surface area contributed by atoms with Gasteiger partial charge in [-0.3, -0.25) is 28.0 Å². The first-order chi connectivity index (χ1) is 33.4. The van der Waals surface area contributed by atoms with Gasteiger partial charge in [0.2, 0.25) is 11.8 Å². The Balaban J connectivity index is 0.838. The Hall–Kier alpha value is -5.42. The number of rotatable bonds is 15. The van der Waals surface area contributed by atoms with E-state index in [1.165, 1.54) is 34.4 Å². The fraction of sp³-hybridized carbons (Fsp3) is 0.450. The largest absolute Gasteiger partial charge is 0.851 e. The van der Waals surface area contributed by atoms with E-state index in [0.29, 0.717) is 24.0 Å². The van der Waals surface area contributed by atoms with Crippen LogP contribution in [-0.4, -0.2) is 140 Å². The summed E-state index contributed by atoms with van der Waals surface area (Å²) < 4.78 is 54.2. The molecule has 12 atom stereocenters. The first-order valence-electron chi connectivity index (χ1n) is 21.7. The minimum atomic E-state index is -5.84. The Morgan fingerprint density at radius 2 is 1.59 bits per heavy atom. The third-order valence-electron chi connectivity index (χ3n) is 12.2. The van der Waals surface area contributed by atoms with E-state index in [9.17, 15) is 48.9 Å². The number of phosphoric ester groups is 2. The molecular formula is C40H44N12O15P2S-4. The molecule has 0 saturated carbocycles. The SMILES string of the molecule is NC(=O)C1=CN([C@@H]2O[C@H](COP(=O)([O-])OP(=O)([O-])OC[C@H]3O[C@@H](n4cnc5c(N)ncnc54)[C@H]([O-])[C@@H]3[O-])[C@@H](O)[C@H]2O)C=C[C@@H]1n1cc2c(=S)n([C@H](C(=O)N3CCCCCC3)c3ccccc3)cnc2n1. The number of likely N-dealkylation sites (tertiary alicyclic amines) is 1. The second-order valence-corrected chi connectivity index (χ2v) is 20.1. The van der Waals surface area contributed by atoms with E-state index in [1.54, 1.807) is 10.8 Å². The van der Waals surface area contributed by atoms with Crippen LogP contribution in [0.2, 0.25) is 0 Å². The lowest BCUT2D eigenvalue weighted by Gasteiger charge is -2.35. The molecule has 30 heteroatoms. The highest BCUT2D eigenvalue weighted by atomic mass is 32.1. The number of ether oxygens (including phenoxy) is 2. The highest BCUT2D eigenvalue weighted by Gasteiger charge is 2.46. The summed E-state index contributed by atoms with van der Waals surface area (Å²) in [6, 6.07) is 7.45. The number of nitrogen functional groups attached to an aromatic ring is 1. The zero-order valence-electron chi connectivity index (χ0n) is 36.5. The number of amides is 2. The Morgan fingerprint density at radius 1 is 0.900 bits per heavy atom. The third-order valence-corrected chi connectivity index (χ3v) is 15.2. The quantitative estimate of drug-likeness (QED) is 0.0645. The van der Waals surface area contributed by atoms with Gasteiger partial charge in [-0.25, -0.2) is 24.2 Å². The normalized spacial score (nSPS) is 28.4. The Bertz CT molecular complexity index is 2990. The molecule has 5 aromatic rings. The van der Waals surface area contributed by atoms with Gasteiger partial charge in [-0.1, -0.05) is 61.5 Å². The van der Waals surface area contributed by atoms with Crippen molar-refractivity contribution >= 4 is 67.7 Å². The smallest absolute Gasteiger partial charge is 0.274 e. The maximum atomic E-state index is 14.2. The van der Waals surface area contributed by atoms with Crippen LogP contribution in [0.4, 0.5) is 5.82 Å². The molecule has 0 radical (unpaired) electrons. The molecule has 0 spiro atoms. The van der Waals surface area contributed by atoms with E-state index < -0.39 is 95.9 Å². The monoisotopic (exact) mass is 1030 g/mol. The number of allylic oxidation sites excluding steroid dienone is 1. The fourth-order valence-corrected chi connectivity index (χ4v) is 11.0. The second kappa shape index (κ2) is 20.0. The lowest BCUT2D eigenvalue weighted by molar-refractivity contribution is -0.527. The molecular weight excluding hydrogens is 983 g/mol. The minimum absolute atomic E-state index is 0.0152. The number of benzene rings is 1. The van der Waals surface area contributed by atoms with Crippen molar-refractivity contribution in [3.63, 3.8) is 0 Å². The maximum Gasteiger partial charge on any atom is 0.274 e. The van der Waals surface area contributed by atoms with E-state index in [-0.39, 0.29) is 38.7 Å². The van der Waals surface area contributed by atoms with Crippen LogP contribution < -0.4 is 31.5 Å². The number of aliphatic hydroxyl groups is 2. The lowest BCUT2D eigenvalue weighted by Crippen LogP contribution is -2.51. The van der Waals surface area contributed by atoms with Crippen molar-refractivity contribution in [2.75, 3.05) is 32.0 Å². The number of imidazole rings is 1. The molecule has 3 fully saturated rings. The van der Waals surface area contributed by atoms with Crippen molar-refractivity contribution in [3.05, 3.63) is 89.8 Å². The van der Waals surface area contributed by atoms with Crippen LogP contribution in [0.15, 0.2) is 79.6 Å². The third kappa shape index (κ3) is 9.93. The summed E-state index contributed by atoms with van der Waals surface area (Å²) in [4.78, 5) is 71.7. The van der Waals surface area contributed by atoms with Crippen LogP contribution in [0.5, 0.6) is 0 Å². The molecule has 374 valence electrons. The Morgan fingerprint density at radius 3 is 2.29 bits per heavy atom. The number of nitrogens with zero attached hydrogens (tertiary/aromatic N) is 10. The minimum Gasteiger partial charge on any atom is -0.851 e. The van der Waals surface area contributed by atoms with Crippen LogP contribution in [0.3, 0.4) is 0 Å². The van der Waals surface area contributed by atoms with Crippen molar-refractivity contribution in [2.45, 2.75) is 86.8 Å². The molecule has 4 aromatic heterocycles. The second-order valence-electron chi connectivity index (χ2n) is 16.7. The van der Waals surface area contributed by atoms with E-state index >= 15 is 0 Å². The van der Waals surface area contributed by atoms with Gasteiger partial charge < -0.3 is 74.6 Å². The van der Waals surface area contributed by atoms with Crippen molar-refractivity contribution in [3.8, 4) is 0 Å². The molecule has 0 aliphatic carbocycles. The number of anilines is 1. The predicted octanol–water partition coefficient (Wildman–Crippen LogP) is -2.10. The zero-order valence-corrected chi connectivity index (χ0v) is 39.1. The standard InChI is InChI=1S/C40H46N12O15P2S/c41-33-27-36(44-18-43-33)51(19-45-27)39-32(56)30(54)26(66-39)17-64-69(61,62)67-68(59,60)63-16-25-29(53)31(55)38(65-25)49-13-10-24(22(14-49)34(42)57)52-15-23-35(47-52)46-20-50(40(23)70)28(21-8-4-3-5-9-21)37(58)48-11-6-1-2-7-12-48/h3-5,8-10,13-15,18-20,24-26,28-32,38-39,53,55H,1-2,6-7,11-12,16-17H2,(H2,42,57)(H,59,60)(H,61,62)(H2,41,43,44)/q-2/p-2/t24-,25+,26+,28-,29+,30+,31+,32+,38+,39+/m0/s1. The summed E-state index contributed by atoms with van der Waals surface area (Å²) in [5.74, 6) is -1.05. The van der Waals surface area contributed by atoms with Gasteiger partial charge in [-0.15, -0.1) is 6.10 Å². The van der Waals surface area contributed by atoms with E-state index in [0.717, 1.165) is 42.9 Å². The Kier molecular flexibility index (Phi) is 14.2. The average molecular weight is 1030 g/mol. The van der Waals surface area contributed by atoms with Gasteiger partial charge in [-0.2, -0.15) is 5.10 Å². The van der Waals surface area contributed by atoms with Gasteiger partial charge in [0.15, 0.2) is 23.3 Å². The highest BCUT2D eigenvalue weighted by molar-refractivity contribution is 7.71. The van der Waals surface area contributed by atoms with Gasteiger partial charge in [0.1, 0.15) is 53.1 Å². The van der Waals surface area contributed by atoms with Crippen molar-refractivity contribution in [2.24, 2.45) is 5.73 Å². The molecule has 27 nitrogen and oxygen atoms in total. The van der Waals surface area contributed by atoms with E-state index in [4.69, 9.17) is 33.2 Å². The molecule has 70 heavy (non-hydrogen) atoms. The summed E-state index contributed by atoms with van der Waals surface area (Å²) in [6.45, 7) is -0.984. The summed E-state index contributed by atoms with van der Waals surface area (Å²) in [5, 5.41) is 52.4. The van der Waals surface area contributed by atoms with Crippen molar-refractivity contribution < 1.29 is 71.8 Å². The molecule has 2 amide bonds. The number of hydrogen-bond donors (Lipinski definition) is 4. The predicted molar refractivity (Wildman–Crippen MR) is 233 cm³/mol. The van der Waals surface area contributed by atoms with E-state index in [2.05, 4.69) is 38.4 Å². The molecule has 0 bridgehead atoms. The molecule has 4 aliphatic heterocycles. The molecule has 3 saturated heterocycles. The summed E-state index contributed by atoms with van der Waals surface area (Å²) >= 11 is 5.95. The van der Waals surface area contributed by atoms with Crippen LogP contribution in [0, 0.1) is 4.64 Å². The summed E-state index contributed by atoms with van der Waals surface area (Å²) in [7, 11) is -11.7. The van der Waals surface area contributed by atoms with Gasteiger partial charge >= 0.3 is 0 Å². The van der Waals surface area contributed by atoms with Gasteiger partial charge in [0.25, 0.3) is 15.6 Å². The van der Waals surface area contributed by atoms with Crippen LogP contribution >= 0.6 is 27.9 Å². The lowest BCUT2D eigenvalue weighted by atomic mass is 10.0. The van der Waals surface area contributed by atoms with Crippen molar-refractivity contribution in [1.82, 2.24) is 48.7 Å². The number of aliphatic hydroxyl groups excluding tert-OH is 2. The van der Waals surface area contributed by atoms with Gasteiger partial charge in [0, 0.05) is 31.7 Å². The summed E-state index contributed by atoms with van der Waals surface area (Å²) in [6.07, 6.45) is -0.887. The van der Waals surface area contributed by atoms with Crippen LogP contribution in [0.25, 0.3) is 22.2 Å². The maximum absolute atomic E-state index is 14.2. The van der Waals surface area contributed by atoms with Crippen LogP contribution in [-0.2, 0) is 41.6 Å². The highest BCUT2D eigenvalue weighted by Crippen LogP contribution is 2.56. The fourth-order valence-electron chi connectivity index (χ4n) is 8.68. The number of carbonyl (C=O) groups excluding carboxylic acids is 2. The molecule has 2 unspecified atom stereocenters. The summed E-state index contributed by atoms with van der Waals surface area (Å²) in [5.41, 5.74) is 12.6. The number of primary amides is 1. The molecule has 8 heterocycles. The molecule has 6 N–H and O–H groups in total. The number of hydrogen-bond acceptors (Lipinski definition) is 23. The average Bonchev–Trinajstić information content (AvgIpc) is 4.04. The van der Waals surface area contributed by atoms with Gasteiger partial charge in [-0.05, 0) is 24.5 Å². The first-order valence-corrected chi connectivity index (χ1v) is 25.1. The number of fused-ring (bicyclic) bond motifs is 2. The van der Waals surface area contributed by atoms with Gasteiger partial charge in [0.05, 0.1) is 42.9 Å². The topological polar surface area (TPSA) is 385 Å². The number of phosphoric acid groups is 2.